The Labute approximate surface area is 98.9 Å². The molecule has 0 aliphatic rings. The Kier molecular flexibility index (Phi) is 3.43. The quantitative estimate of drug-likeness (QED) is 0.791. The van der Waals surface area contributed by atoms with Gasteiger partial charge in [-0.05, 0) is 18.2 Å². The predicted molar refractivity (Wildman–Crippen MR) is 64.5 cm³/mol. The number of aryl methyl sites for hydroxylation is 1. The molecule has 16 heavy (non-hydrogen) atoms. The van der Waals surface area contributed by atoms with Gasteiger partial charge in [0.1, 0.15) is 5.82 Å². The normalized spacial score (nSPS) is 11.2. The van der Waals surface area contributed by atoms with Crippen molar-refractivity contribution in [3.8, 4) is 0 Å². The summed E-state index contributed by atoms with van der Waals surface area (Å²) in [5.74, 6) is 0.936. The molecule has 0 fully saturated rings. The number of hydrogen-bond acceptors (Lipinski definition) is 3. The van der Waals surface area contributed by atoms with E-state index < -0.39 is 0 Å². The van der Waals surface area contributed by atoms with Gasteiger partial charge in [0.25, 0.3) is 0 Å². The zero-order valence-electron chi connectivity index (χ0n) is 9.07. The Balaban J connectivity index is 2.29. The molecule has 0 aliphatic carbocycles. The van der Waals surface area contributed by atoms with E-state index in [0.29, 0.717) is 18.1 Å². The van der Waals surface area contributed by atoms with Gasteiger partial charge in [-0.2, -0.15) is 0 Å². The number of aliphatic hydroxyl groups is 1. The molecule has 0 spiro atoms. The number of hydrogen-bond donors (Lipinski definition) is 2. The molecular formula is C11H14ClN3O. The van der Waals surface area contributed by atoms with Crippen molar-refractivity contribution in [3.63, 3.8) is 0 Å². The van der Waals surface area contributed by atoms with Gasteiger partial charge in [-0.3, -0.25) is 0 Å². The van der Waals surface area contributed by atoms with Crippen molar-refractivity contribution in [2.75, 3.05) is 13.2 Å². The Morgan fingerprint density at radius 2 is 2.31 bits per heavy atom. The van der Waals surface area contributed by atoms with E-state index in [1.807, 2.05) is 29.8 Å². The van der Waals surface area contributed by atoms with Crippen LogP contribution in [0.1, 0.15) is 5.82 Å². The van der Waals surface area contributed by atoms with Gasteiger partial charge in [0.15, 0.2) is 0 Å². The van der Waals surface area contributed by atoms with Gasteiger partial charge in [-0.25, -0.2) is 4.98 Å². The molecule has 86 valence electrons. The highest BCUT2D eigenvalue weighted by Gasteiger charge is 2.07. The predicted octanol–water partition coefficient (Wildman–Crippen LogP) is 1.31. The van der Waals surface area contributed by atoms with Crippen LogP contribution < -0.4 is 5.32 Å². The second kappa shape index (κ2) is 4.82. The summed E-state index contributed by atoms with van der Waals surface area (Å²) in [6.45, 7) is 1.35. The van der Waals surface area contributed by atoms with Crippen LogP contribution in [0.2, 0.25) is 5.02 Å². The standard InChI is InChI=1S/C11H14ClN3O/c1-15-10-6-8(12)2-3-9(10)14-11(15)7-13-4-5-16/h2-3,6,13,16H,4-5,7H2,1H3. The molecule has 0 atom stereocenters. The van der Waals surface area contributed by atoms with Crippen LogP contribution >= 0.6 is 11.6 Å². The van der Waals surface area contributed by atoms with Gasteiger partial charge >= 0.3 is 0 Å². The summed E-state index contributed by atoms with van der Waals surface area (Å²) in [4.78, 5) is 4.49. The van der Waals surface area contributed by atoms with E-state index in [1.165, 1.54) is 0 Å². The van der Waals surface area contributed by atoms with Crippen molar-refractivity contribution >= 4 is 22.6 Å². The largest absolute Gasteiger partial charge is 0.395 e. The number of nitrogens with zero attached hydrogens (tertiary/aromatic N) is 2. The highest BCUT2D eigenvalue weighted by atomic mass is 35.5. The molecule has 0 saturated carbocycles. The molecule has 0 amide bonds. The van der Waals surface area contributed by atoms with Crippen LogP contribution in [0.3, 0.4) is 0 Å². The summed E-state index contributed by atoms with van der Waals surface area (Å²) < 4.78 is 2.01. The summed E-state index contributed by atoms with van der Waals surface area (Å²) in [5.41, 5.74) is 1.96. The molecule has 2 aromatic rings. The lowest BCUT2D eigenvalue weighted by molar-refractivity contribution is 0.291. The molecule has 5 heteroatoms. The van der Waals surface area contributed by atoms with Crippen molar-refractivity contribution in [2.45, 2.75) is 6.54 Å². The fraction of sp³-hybridized carbons (Fsp3) is 0.364. The highest BCUT2D eigenvalue weighted by molar-refractivity contribution is 6.31. The van der Waals surface area contributed by atoms with Gasteiger partial charge in [0, 0.05) is 18.6 Å². The van der Waals surface area contributed by atoms with E-state index in [-0.39, 0.29) is 6.61 Å². The molecule has 4 nitrogen and oxygen atoms in total. The third-order valence-corrected chi connectivity index (χ3v) is 2.74. The smallest absolute Gasteiger partial charge is 0.123 e. The number of aliphatic hydroxyl groups excluding tert-OH is 1. The minimum atomic E-state index is 0.135. The fourth-order valence-corrected chi connectivity index (χ4v) is 1.82. The van der Waals surface area contributed by atoms with Crippen molar-refractivity contribution in [3.05, 3.63) is 29.0 Å². The Bertz CT molecular complexity index is 495. The second-order valence-corrected chi connectivity index (χ2v) is 4.06. The molecule has 0 unspecified atom stereocenters. The number of fused-ring (bicyclic) bond motifs is 1. The lowest BCUT2D eigenvalue weighted by Crippen LogP contribution is -2.19. The molecule has 1 aromatic carbocycles. The molecule has 0 radical (unpaired) electrons. The number of imidazole rings is 1. The third-order valence-electron chi connectivity index (χ3n) is 2.51. The Hall–Kier alpha value is -1.10. The van der Waals surface area contributed by atoms with E-state index in [9.17, 15) is 0 Å². The first-order chi connectivity index (χ1) is 7.72. The van der Waals surface area contributed by atoms with Crippen LogP contribution in [0.25, 0.3) is 11.0 Å². The summed E-state index contributed by atoms with van der Waals surface area (Å²) in [6, 6.07) is 5.65. The molecule has 2 N–H and O–H groups in total. The number of aromatic nitrogens is 2. The molecule has 0 aliphatic heterocycles. The summed E-state index contributed by atoms with van der Waals surface area (Å²) in [5, 5.41) is 12.5. The zero-order valence-corrected chi connectivity index (χ0v) is 9.83. The van der Waals surface area contributed by atoms with Crippen LogP contribution in [-0.4, -0.2) is 27.8 Å². The number of benzene rings is 1. The van der Waals surface area contributed by atoms with E-state index in [1.54, 1.807) is 0 Å². The van der Waals surface area contributed by atoms with Gasteiger partial charge in [-0.15, -0.1) is 0 Å². The Morgan fingerprint density at radius 3 is 3.06 bits per heavy atom. The molecule has 2 rings (SSSR count). The number of halogens is 1. The van der Waals surface area contributed by atoms with Gasteiger partial charge in [0.2, 0.25) is 0 Å². The molecule has 1 heterocycles. The monoisotopic (exact) mass is 239 g/mol. The maximum Gasteiger partial charge on any atom is 0.123 e. The van der Waals surface area contributed by atoms with Crippen LogP contribution in [-0.2, 0) is 13.6 Å². The molecule has 0 bridgehead atoms. The van der Waals surface area contributed by atoms with Gasteiger partial charge < -0.3 is 15.0 Å². The van der Waals surface area contributed by atoms with Crippen molar-refractivity contribution in [1.29, 1.82) is 0 Å². The summed E-state index contributed by atoms with van der Waals surface area (Å²) in [7, 11) is 1.96. The van der Waals surface area contributed by atoms with Crippen LogP contribution in [0.5, 0.6) is 0 Å². The minimum absolute atomic E-state index is 0.135. The molecule has 1 aromatic heterocycles. The average Bonchev–Trinajstić information content (AvgIpc) is 2.57. The minimum Gasteiger partial charge on any atom is -0.395 e. The third kappa shape index (κ3) is 2.19. The maximum atomic E-state index is 8.68. The second-order valence-electron chi connectivity index (χ2n) is 3.62. The highest BCUT2D eigenvalue weighted by Crippen LogP contribution is 2.19. The SMILES string of the molecule is Cn1c(CNCCO)nc2ccc(Cl)cc21. The van der Waals surface area contributed by atoms with Crippen molar-refractivity contribution in [1.82, 2.24) is 14.9 Å². The van der Waals surface area contributed by atoms with E-state index in [4.69, 9.17) is 16.7 Å². The lowest BCUT2D eigenvalue weighted by atomic mass is 10.3. The van der Waals surface area contributed by atoms with Crippen molar-refractivity contribution < 1.29 is 5.11 Å². The van der Waals surface area contributed by atoms with E-state index >= 15 is 0 Å². The lowest BCUT2D eigenvalue weighted by Gasteiger charge is -2.03. The Morgan fingerprint density at radius 1 is 1.50 bits per heavy atom. The first-order valence-electron chi connectivity index (χ1n) is 5.15. The topological polar surface area (TPSA) is 50.1 Å². The molecular weight excluding hydrogens is 226 g/mol. The number of rotatable bonds is 4. The molecule has 0 saturated heterocycles. The van der Waals surface area contributed by atoms with Gasteiger partial charge in [0.05, 0.1) is 24.2 Å². The first kappa shape index (κ1) is 11.4. The summed E-state index contributed by atoms with van der Waals surface area (Å²) in [6.07, 6.45) is 0. The van der Waals surface area contributed by atoms with E-state index in [0.717, 1.165) is 16.9 Å². The number of nitrogens with one attached hydrogen (secondary N) is 1. The van der Waals surface area contributed by atoms with Crippen LogP contribution in [0.4, 0.5) is 0 Å². The summed E-state index contributed by atoms with van der Waals surface area (Å²) >= 11 is 5.94. The fourth-order valence-electron chi connectivity index (χ4n) is 1.65. The van der Waals surface area contributed by atoms with Gasteiger partial charge in [-0.1, -0.05) is 11.6 Å². The zero-order chi connectivity index (χ0) is 11.5. The van der Waals surface area contributed by atoms with E-state index in [2.05, 4.69) is 10.3 Å². The average molecular weight is 240 g/mol. The van der Waals surface area contributed by atoms with Crippen LogP contribution in [0, 0.1) is 0 Å². The first-order valence-corrected chi connectivity index (χ1v) is 5.52. The van der Waals surface area contributed by atoms with Crippen LogP contribution in [0.15, 0.2) is 18.2 Å². The maximum absolute atomic E-state index is 8.68. The van der Waals surface area contributed by atoms with Crippen molar-refractivity contribution in [2.24, 2.45) is 7.05 Å².